The van der Waals surface area contributed by atoms with Crippen LogP contribution in [0.3, 0.4) is 0 Å². The van der Waals surface area contributed by atoms with E-state index in [1.54, 1.807) is 19.4 Å². The molecular weight excluding hydrogens is 408 g/mol. The number of methoxy groups -OCH3 is 1. The molecule has 30 heavy (non-hydrogen) atoms. The summed E-state index contributed by atoms with van der Waals surface area (Å²) in [6.45, 7) is 6.00. The van der Waals surface area contributed by atoms with Gasteiger partial charge in [-0.1, -0.05) is 26.8 Å². The SMILES string of the molecule is COc1ccc(C(C)Cc2nc(N[C@@H](CO)CC(C)C)nc(NS(C)(=O)=O)n2)cn1. The van der Waals surface area contributed by atoms with Crippen molar-refractivity contribution in [2.75, 3.05) is 30.0 Å². The van der Waals surface area contributed by atoms with Crippen LogP contribution < -0.4 is 14.8 Å². The summed E-state index contributed by atoms with van der Waals surface area (Å²) in [5.74, 6) is 1.47. The number of ether oxygens (including phenoxy) is 1. The Morgan fingerprint density at radius 2 is 1.83 bits per heavy atom. The fourth-order valence-corrected chi connectivity index (χ4v) is 3.34. The van der Waals surface area contributed by atoms with Gasteiger partial charge in [0.2, 0.25) is 27.8 Å². The van der Waals surface area contributed by atoms with Gasteiger partial charge in [-0.05, 0) is 23.8 Å². The molecule has 0 aromatic carbocycles. The van der Waals surface area contributed by atoms with Crippen molar-refractivity contribution in [1.82, 2.24) is 19.9 Å². The Morgan fingerprint density at radius 3 is 2.37 bits per heavy atom. The highest BCUT2D eigenvalue weighted by Gasteiger charge is 2.17. The summed E-state index contributed by atoms with van der Waals surface area (Å²) < 4.78 is 30.7. The van der Waals surface area contributed by atoms with Crippen LogP contribution in [0.5, 0.6) is 5.88 Å². The third kappa shape index (κ3) is 7.71. The van der Waals surface area contributed by atoms with E-state index in [4.69, 9.17) is 4.74 Å². The van der Waals surface area contributed by atoms with Gasteiger partial charge >= 0.3 is 0 Å². The van der Waals surface area contributed by atoms with E-state index < -0.39 is 10.0 Å². The Balaban J connectivity index is 2.28. The molecule has 2 aromatic rings. The van der Waals surface area contributed by atoms with E-state index in [1.165, 1.54) is 0 Å². The molecule has 2 heterocycles. The van der Waals surface area contributed by atoms with Crippen LogP contribution in [0.4, 0.5) is 11.9 Å². The van der Waals surface area contributed by atoms with Crippen LogP contribution >= 0.6 is 0 Å². The van der Waals surface area contributed by atoms with Crippen molar-refractivity contribution in [2.45, 2.75) is 45.6 Å². The number of aliphatic hydroxyl groups excluding tert-OH is 1. The summed E-state index contributed by atoms with van der Waals surface area (Å²) in [5.41, 5.74) is 0.969. The van der Waals surface area contributed by atoms with E-state index in [-0.39, 0.29) is 30.5 Å². The van der Waals surface area contributed by atoms with Gasteiger partial charge in [-0.15, -0.1) is 0 Å². The lowest BCUT2D eigenvalue weighted by atomic mass is 9.99. The zero-order valence-electron chi connectivity index (χ0n) is 18.0. The van der Waals surface area contributed by atoms with Gasteiger partial charge < -0.3 is 15.2 Å². The maximum atomic E-state index is 11.7. The monoisotopic (exact) mass is 438 g/mol. The van der Waals surface area contributed by atoms with Crippen molar-refractivity contribution in [3.63, 3.8) is 0 Å². The number of aromatic nitrogens is 4. The molecule has 0 bridgehead atoms. The number of aliphatic hydroxyl groups is 1. The van der Waals surface area contributed by atoms with Crippen molar-refractivity contribution in [1.29, 1.82) is 0 Å². The molecule has 0 radical (unpaired) electrons. The Kier molecular flexibility index (Phi) is 8.30. The number of anilines is 2. The lowest BCUT2D eigenvalue weighted by Gasteiger charge is -2.19. The average molecular weight is 439 g/mol. The molecule has 3 N–H and O–H groups in total. The van der Waals surface area contributed by atoms with Crippen LogP contribution in [0.1, 0.15) is 44.5 Å². The van der Waals surface area contributed by atoms with Crippen LogP contribution in [0, 0.1) is 5.92 Å². The predicted octanol–water partition coefficient (Wildman–Crippen LogP) is 1.81. The first kappa shape index (κ1) is 23.7. The second-order valence-corrected chi connectivity index (χ2v) is 9.41. The Morgan fingerprint density at radius 1 is 1.13 bits per heavy atom. The third-order valence-electron chi connectivity index (χ3n) is 4.29. The first-order valence-electron chi connectivity index (χ1n) is 9.69. The lowest BCUT2D eigenvalue weighted by molar-refractivity contribution is 0.259. The van der Waals surface area contributed by atoms with E-state index in [0.717, 1.165) is 11.8 Å². The van der Waals surface area contributed by atoms with Crippen molar-refractivity contribution >= 4 is 21.9 Å². The summed E-state index contributed by atoms with van der Waals surface area (Å²) in [4.78, 5) is 17.1. The van der Waals surface area contributed by atoms with E-state index >= 15 is 0 Å². The Hall–Kier alpha value is -2.53. The maximum Gasteiger partial charge on any atom is 0.241 e. The highest BCUT2D eigenvalue weighted by atomic mass is 32.2. The molecular formula is C19H30N6O4S. The standard InChI is InChI=1S/C19H30N6O4S/c1-12(2)8-15(11-26)21-18-22-16(23-19(24-18)25-30(5,27)28)9-13(3)14-6-7-17(29-4)20-10-14/h6-7,10,12-13,15,26H,8-9,11H2,1-5H3,(H2,21,22,23,24,25)/t13?,15-/m1/s1. The van der Waals surface area contributed by atoms with Crippen LogP contribution in [-0.2, 0) is 16.4 Å². The molecule has 2 rings (SSSR count). The Labute approximate surface area is 177 Å². The molecule has 166 valence electrons. The number of hydrogen-bond acceptors (Lipinski definition) is 9. The first-order valence-corrected chi connectivity index (χ1v) is 11.6. The van der Waals surface area contributed by atoms with Gasteiger partial charge in [-0.25, -0.2) is 13.4 Å². The molecule has 0 saturated carbocycles. The summed E-state index contributed by atoms with van der Waals surface area (Å²) in [5, 5.41) is 12.7. The molecule has 11 heteroatoms. The van der Waals surface area contributed by atoms with Gasteiger partial charge in [0, 0.05) is 18.7 Å². The second kappa shape index (κ2) is 10.5. The van der Waals surface area contributed by atoms with Crippen molar-refractivity contribution in [2.24, 2.45) is 5.92 Å². The highest BCUT2D eigenvalue weighted by Crippen LogP contribution is 2.21. The van der Waals surface area contributed by atoms with E-state index in [9.17, 15) is 13.5 Å². The summed E-state index contributed by atoms with van der Waals surface area (Å²) >= 11 is 0. The number of rotatable bonds is 11. The predicted molar refractivity (Wildman–Crippen MR) is 115 cm³/mol. The quantitative estimate of drug-likeness (QED) is 0.479. The van der Waals surface area contributed by atoms with E-state index in [0.29, 0.717) is 30.5 Å². The number of nitrogens with one attached hydrogen (secondary N) is 2. The van der Waals surface area contributed by atoms with Gasteiger partial charge in [0.1, 0.15) is 5.82 Å². The van der Waals surface area contributed by atoms with E-state index in [2.05, 4.69) is 30.0 Å². The lowest BCUT2D eigenvalue weighted by Crippen LogP contribution is -2.27. The van der Waals surface area contributed by atoms with Gasteiger partial charge in [0.15, 0.2) is 0 Å². The molecule has 0 aliphatic rings. The minimum Gasteiger partial charge on any atom is -0.481 e. The molecule has 0 spiro atoms. The molecule has 2 atom stereocenters. The molecule has 10 nitrogen and oxygen atoms in total. The molecule has 0 aliphatic carbocycles. The number of sulfonamides is 1. The van der Waals surface area contributed by atoms with Crippen LogP contribution in [0.15, 0.2) is 18.3 Å². The highest BCUT2D eigenvalue weighted by molar-refractivity contribution is 7.91. The molecule has 1 unspecified atom stereocenters. The number of hydrogen-bond donors (Lipinski definition) is 3. The van der Waals surface area contributed by atoms with Gasteiger partial charge in [0.25, 0.3) is 0 Å². The second-order valence-electron chi connectivity index (χ2n) is 7.67. The molecule has 0 aliphatic heterocycles. The molecule has 0 amide bonds. The minimum absolute atomic E-state index is 0.0223. The van der Waals surface area contributed by atoms with Crippen molar-refractivity contribution in [3.05, 3.63) is 29.7 Å². The van der Waals surface area contributed by atoms with Crippen molar-refractivity contribution < 1.29 is 18.3 Å². The fourth-order valence-electron chi connectivity index (χ4n) is 2.91. The Bertz CT molecular complexity index is 921. The number of nitrogens with zero attached hydrogens (tertiary/aromatic N) is 4. The van der Waals surface area contributed by atoms with Gasteiger partial charge in [-0.2, -0.15) is 15.0 Å². The van der Waals surface area contributed by atoms with Crippen LogP contribution in [-0.4, -0.2) is 59.5 Å². The van der Waals surface area contributed by atoms with Crippen molar-refractivity contribution in [3.8, 4) is 5.88 Å². The molecule has 0 saturated heterocycles. The normalized spacial score (nSPS) is 13.7. The topological polar surface area (TPSA) is 139 Å². The zero-order chi connectivity index (χ0) is 22.3. The summed E-state index contributed by atoms with van der Waals surface area (Å²) in [6.07, 6.45) is 3.91. The van der Waals surface area contributed by atoms with Gasteiger partial charge in [-0.3, -0.25) is 4.72 Å². The average Bonchev–Trinajstić information content (AvgIpc) is 2.65. The maximum absolute atomic E-state index is 11.7. The largest absolute Gasteiger partial charge is 0.481 e. The molecule has 0 fully saturated rings. The molecule has 2 aromatic heterocycles. The van der Waals surface area contributed by atoms with E-state index in [1.807, 2.05) is 26.8 Å². The first-order chi connectivity index (χ1) is 14.1. The van der Waals surface area contributed by atoms with Crippen LogP contribution in [0.25, 0.3) is 0 Å². The fraction of sp³-hybridized carbons (Fsp3) is 0.579. The summed E-state index contributed by atoms with van der Waals surface area (Å²) in [6, 6.07) is 3.44. The third-order valence-corrected chi connectivity index (χ3v) is 4.85. The zero-order valence-corrected chi connectivity index (χ0v) is 18.8. The minimum atomic E-state index is -3.56. The van der Waals surface area contributed by atoms with Crippen LogP contribution in [0.2, 0.25) is 0 Å². The van der Waals surface area contributed by atoms with Gasteiger partial charge in [0.05, 0.1) is 26.0 Å². The summed E-state index contributed by atoms with van der Waals surface area (Å²) in [7, 11) is -2.00. The number of pyridine rings is 1. The smallest absolute Gasteiger partial charge is 0.241 e.